The van der Waals surface area contributed by atoms with E-state index in [9.17, 15) is 14.4 Å². The van der Waals surface area contributed by atoms with Gasteiger partial charge in [-0.2, -0.15) is 0 Å². The van der Waals surface area contributed by atoms with Crippen LogP contribution in [-0.2, 0) is 28.6 Å². The van der Waals surface area contributed by atoms with Gasteiger partial charge in [0.1, 0.15) is 18.3 Å². The summed E-state index contributed by atoms with van der Waals surface area (Å²) in [6.07, 6.45) is 5.62. The molecule has 35 heavy (non-hydrogen) atoms. The van der Waals surface area contributed by atoms with Crippen molar-refractivity contribution in [1.82, 2.24) is 0 Å². The van der Waals surface area contributed by atoms with Crippen molar-refractivity contribution in [3.63, 3.8) is 0 Å². The Morgan fingerprint density at radius 2 is 1.86 bits per heavy atom. The van der Waals surface area contributed by atoms with Crippen LogP contribution in [0.25, 0.3) is 0 Å². The largest absolute Gasteiger partial charge is 0.472 e. The Labute approximate surface area is 205 Å². The topological polar surface area (TPSA) is 95.3 Å². The number of cyclic esters (lactones) is 1. The van der Waals surface area contributed by atoms with Crippen LogP contribution in [0.4, 0.5) is 0 Å². The summed E-state index contributed by atoms with van der Waals surface area (Å²) in [7, 11) is 0. The number of rotatable bonds is 2. The normalized spacial score (nSPS) is 47.3. The molecule has 0 radical (unpaired) electrons. The minimum Gasteiger partial charge on any atom is -0.472 e. The zero-order chi connectivity index (χ0) is 25.1. The van der Waals surface area contributed by atoms with Crippen molar-refractivity contribution in [2.45, 2.75) is 85.2 Å². The summed E-state index contributed by atoms with van der Waals surface area (Å²) in [5.74, 6) is -0.526. The van der Waals surface area contributed by atoms with Crippen LogP contribution < -0.4 is 0 Å². The molecule has 1 aromatic rings. The van der Waals surface area contributed by atoms with Gasteiger partial charge in [0, 0.05) is 40.2 Å². The van der Waals surface area contributed by atoms with Crippen molar-refractivity contribution in [2.75, 3.05) is 0 Å². The maximum absolute atomic E-state index is 13.2. The van der Waals surface area contributed by atoms with Crippen LogP contribution in [0.1, 0.15) is 72.5 Å². The maximum atomic E-state index is 13.2. The predicted molar refractivity (Wildman–Crippen MR) is 124 cm³/mol. The number of carbonyl (C=O) groups excluding carboxylic acids is 3. The third kappa shape index (κ3) is 2.73. The van der Waals surface area contributed by atoms with E-state index in [2.05, 4.69) is 20.8 Å². The van der Waals surface area contributed by atoms with Gasteiger partial charge in [0.05, 0.1) is 18.6 Å². The molecule has 2 aliphatic heterocycles. The summed E-state index contributed by atoms with van der Waals surface area (Å²) in [6.45, 7) is 12.0. The van der Waals surface area contributed by atoms with Crippen LogP contribution in [0, 0.1) is 33.5 Å². The van der Waals surface area contributed by atoms with Gasteiger partial charge in [-0.05, 0) is 42.7 Å². The fourth-order valence-electron chi connectivity index (χ4n) is 9.01. The van der Waals surface area contributed by atoms with Crippen LogP contribution in [0.2, 0.25) is 0 Å². The quantitative estimate of drug-likeness (QED) is 0.450. The highest BCUT2D eigenvalue weighted by molar-refractivity contribution is 5.93. The van der Waals surface area contributed by atoms with E-state index < -0.39 is 28.5 Å². The smallest absolute Gasteiger partial charge is 0.331 e. The molecule has 3 saturated carbocycles. The zero-order valence-electron chi connectivity index (χ0n) is 21.3. The van der Waals surface area contributed by atoms with Gasteiger partial charge in [-0.1, -0.05) is 34.6 Å². The molecule has 0 bridgehead atoms. The van der Waals surface area contributed by atoms with E-state index in [-0.39, 0.29) is 47.2 Å². The van der Waals surface area contributed by atoms with E-state index in [0.29, 0.717) is 6.42 Å². The standard InChI is InChI=1S/C28H34O7/c1-14(29)33-19-11-17-25(2,3)22(31)21-24(35-21)28(17,6)16-7-9-26(4)18(27(16,19)5)12-20(30)34-23(26)15-8-10-32-13-15/h8,10,12-13,16-17,19,21,23-24H,7,9,11H2,1-6H3/t16-,17+,19-,21+,23+,24-,26+,27+,28+/m0/s1. The Kier molecular flexibility index (Phi) is 4.52. The molecule has 0 amide bonds. The first-order valence-corrected chi connectivity index (χ1v) is 12.7. The highest BCUT2D eigenvalue weighted by Crippen LogP contribution is 2.74. The fourth-order valence-corrected chi connectivity index (χ4v) is 9.01. The number of epoxide rings is 1. The molecule has 0 N–H and O–H groups in total. The molecule has 4 fully saturated rings. The summed E-state index contributed by atoms with van der Waals surface area (Å²) < 4.78 is 23.4. The number of ketones is 1. The van der Waals surface area contributed by atoms with Gasteiger partial charge >= 0.3 is 11.9 Å². The first-order valence-electron chi connectivity index (χ1n) is 12.7. The summed E-state index contributed by atoms with van der Waals surface area (Å²) >= 11 is 0. The van der Waals surface area contributed by atoms with E-state index >= 15 is 0 Å². The van der Waals surface area contributed by atoms with Crippen molar-refractivity contribution < 1.29 is 33.0 Å². The molecule has 3 heterocycles. The zero-order valence-corrected chi connectivity index (χ0v) is 21.3. The Morgan fingerprint density at radius 1 is 1.11 bits per heavy atom. The van der Waals surface area contributed by atoms with E-state index in [1.165, 1.54) is 6.92 Å². The van der Waals surface area contributed by atoms with E-state index in [1.807, 2.05) is 19.9 Å². The van der Waals surface area contributed by atoms with E-state index in [1.54, 1.807) is 18.6 Å². The minimum atomic E-state index is -0.613. The third-order valence-corrected chi connectivity index (χ3v) is 10.6. The first-order chi connectivity index (χ1) is 16.4. The second kappa shape index (κ2) is 6.87. The van der Waals surface area contributed by atoms with Crippen LogP contribution in [0.15, 0.2) is 34.7 Å². The van der Waals surface area contributed by atoms with Gasteiger partial charge in [0.2, 0.25) is 0 Å². The number of esters is 2. The number of carbonyl (C=O) groups is 3. The Bertz CT molecular complexity index is 1150. The number of Topliss-reactive ketones (excluding diaryl/α,β-unsaturated/α-hetero) is 1. The molecule has 188 valence electrons. The second-order valence-electron chi connectivity index (χ2n) is 12.5. The Balaban J connectivity index is 1.53. The highest BCUT2D eigenvalue weighted by Gasteiger charge is 2.77. The van der Waals surface area contributed by atoms with Crippen molar-refractivity contribution >= 4 is 17.7 Å². The minimum absolute atomic E-state index is 0.00107. The first kappa shape index (κ1) is 23.0. The monoisotopic (exact) mass is 482 g/mol. The molecule has 5 aliphatic rings. The summed E-state index contributed by atoms with van der Waals surface area (Å²) in [5.41, 5.74) is -0.171. The number of hydrogen-bond donors (Lipinski definition) is 0. The lowest BCUT2D eigenvalue weighted by Gasteiger charge is -2.67. The van der Waals surface area contributed by atoms with E-state index in [0.717, 1.165) is 24.0 Å². The lowest BCUT2D eigenvalue weighted by atomic mass is 9.37. The predicted octanol–water partition coefficient (Wildman–Crippen LogP) is 4.56. The number of ether oxygens (including phenoxy) is 3. The molecule has 7 nitrogen and oxygen atoms in total. The van der Waals surface area contributed by atoms with Crippen molar-refractivity contribution in [1.29, 1.82) is 0 Å². The molecule has 0 unspecified atom stereocenters. The van der Waals surface area contributed by atoms with Gasteiger partial charge in [0.25, 0.3) is 0 Å². The SMILES string of the molecule is CC(=O)O[C@H]1C[C@@H]2C(C)(C)C(=O)[C@H]3O[C@@H]3[C@]2(C)[C@H]2CC[C@]3(C)C(=CC(=O)O[C@@H]3c3ccoc3)[C@]12C. The van der Waals surface area contributed by atoms with Crippen molar-refractivity contribution in [3.05, 3.63) is 35.8 Å². The molecule has 1 aromatic heterocycles. The van der Waals surface area contributed by atoms with Crippen LogP contribution in [0.5, 0.6) is 0 Å². The van der Waals surface area contributed by atoms with Gasteiger partial charge in [-0.15, -0.1) is 0 Å². The third-order valence-electron chi connectivity index (χ3n) is 10.6. The lowest BCUT2D eigenvalue weighted by Crippen LogP contribution is -2.68. The average Bonchev–Trinajstić information content (AvgIpc) is 3.41. The molecular weight excluding hydrogens is 448 g/mol. The van der Waals surface area contributed by atoms with Gasteiger partial charge in [-0.3, -0.25) is 9.59 Å². The fraction of sp³-hybridized carbons (Fsp3) is 0.679. The van der Waals surface area contributed by atoms with Crippen LogP contribution in [0.3, 0.4) is 0 Å². The van der Waals surface area contributed by atoms with Crippen LogP contribution >= 0.6 is 0 Å². The van der Waals surface area contributed by atoms with Crippen molar-refractivity contribution in [2.24, 2.45) is 33.5 Å². The molecule has 7 heteroatoms. The van der Waals surface area contributed by atoms with E-state index in [4.69, 9.17) is 18.6 Å². The highest BCUT2D eigenvalue weighted by atomic mass is 16.6. The molecular formula is C28H34O7. The molecule has 3 aliphatic carbocycles. The maximum Gasteiger partial charge on any atom is 0.331 e. The molecule has 9 atom stereocenters. The van der Waals surface area contributed by atoms with Gasteiger partial charge in [0.15, 0.2) is 5.78 Å². The molecule has 0 spiro atoms. The summed E-state index contributed by atoms with van der Waals surface area (Å²) in [4.78, 5) is 38.6. The Morgan fingerprint density at radius 3 is 2.51 bits per heavy atom. The van der Waals surface area contributed by atoms with Gasteiger partial charge in [-0.25, -0.2) is 4.79 Å². The number of hydrogen-bond acceptors (Lipinski definition) is 7. The number of furan rings is 1. The number of fused-ring (bicyclic) bond motifs is 7. The second-order valence-corrected chi connectivity index (χ2v) is 12.5. The molecule has 0 aromatic carbocycles. The van der Waals surface area contributed by atoms with Crippen LogP contribution in [-0.4, -0.2) is 36.0 Å². The molecule has 1 saturated heterocycles. The lowest BCUT2D eigenvalue weighted by molar-refractivity contribution is -0.209. The van der Waals surface area contributed by atoms with Crippen molar-refractivity contribution in [3.8, 4) is 0 Å². The summed E-state index contributed by atoms with van der Waals surface area (Å²) in [6, 6.07) is 1.85. The van der Waals surface area contributed by atoms with Gasteiger partial charge < -0.3 is 18.6 Å². The Hall–Kier alpha value is -2.41. The summed E-state index contributed by atoms with van der Waals surface area (Å²) in [5, 5.41) is 0. The molecule has 6 rings (SSSR count). The average molecular weight is 483 g/mol.